The van der Waals surface area contributed by atoms with Crippen molar-refractivity contribution in [3.63, 3.8) is 0 Å². The predicted octanol–water partition coefficient (Wildman–Crippen LogP) is 1.27. The SMILES string of the molecule is O=C(O)[C@H]1C[C@H]1C(=O)NCc1cnn(Cc2ccccc2)c1. The third-order valence-electron chi connectivity index (χ3n) is 3.79. The third kappa shape index (κ3) is 3.33. The molecule has 1 saturated carbocycles. The zero-order valence-electron chi connectivity index (χ0n) is 12.0. The minimum Gasteiger partial charge on any atom is -0.481 e. The minimum atomic E-state index is -0.893. The van der Waals surface area contributed by atoms with Crippen molar-refractivity contribution in [1.82, 2.24) is 15.1 Å². The summed E-state index contributed by atoms with van der Waals surface area (Å²) >= 11 is 0. The number of carboxylic acid groups (broad SMARTS) is 1. The molecule has 0 aliphatic heterocycles. The Morgan fingerprint density at radius 2 is 2.00 bits per heavy atom. The molecule has 0 saturated heterocycles. The molecule has 1 aliphatic carbocycles. The minimum absolute atomic E-state index is 0.191. The van der Waals surface area contributed by atoms with Crippen LogP contribution in [0.15, 0.2) is 42.7 Å². The second-order valence-electron chi connectivity index (χ2n) is 5.54. The Kier molecular flexibility index (Phi) is 3.91. The molecule has 6 heteroatoms. The third-order valence-corrected chi connectivity index (χ3v) is 3.79. The fourth-order valence-electron chi connectivity index (χ4n) is 2.43. The molecular weight excluding hydrogens is 282 g/mol. The highest BCUT2D eigenvalue weighted by Gasteiger charge is 2.48. The number of hydrogen-bond donors (Lipinski definition) is 2. The molecule has 1 aliphatic rings. The summed E-state index contributed by atoms with van der Waals surface area (Å²) in [5.74, 6) is -1.98. The second kappa shape index (κ2) is 6.01. The highest BCUT2D eigenvalue weighted by atomic mass is 16.4. The molecule has 1 heterocycles. The van der Waals surface area contributed by atoms with E-state index in [1.807, 2.05) is 41.2 Å². The molecule has 0 spiro atoms. The first-order valence-corrected chi connectivity index (χ1v) is 7.19. The standard InChI is InChI=1S/C16H17N3O3/c20-15(13-6-14(13)16(21)22)17-7-12-8-18-19(10-12)9-11-4-2-1-3-5-11/h1-5,8,10,13-14H,6-7,9H2,(H,17,20)(H,21,22)/t13-,14+/m1/s1. The molecule has 1 fully saturated rings. The highest BCUT2D eigenvalue weighted by molar-refractivity contribution is 5.89. The number of hydrogen-bond acceptors (Lipinski definition) is 3. The predicted molar refractivity (Wildman–Crippen MR) is 78.9 cm³/mol. The summed E-state index contributed by atoms with van der Waals surface area (Å²) in [6, 6.07) is 9.99. The lowest BCUT2D eigenvalue weighted by Crippen LogP contribution is -2.25. The Hall–Kier alpha value is -2.63. The Bertz CT molecular complexity index is 681. The molecule has 0 unspecified atom stereocenters. The van der Waals surface area contributed by atoms with E-state index >= 15 is 0 Å². The van der Waals surface area contributed by atoms with Crippen molar-refractivity contribution in [2.24, 2.45) is 11.8 Å². The fraction of sp³-hybridized carbons (Fsp3) is 0.312. The van der Waals surface area contributed by atoms with Gasteiger partial charge in [0, 0.05) is 18.3 Å². The van der Waals surface area contributed by atoms with E-state index in [1.54, 1.807) is 6.20 Å². The monoisotopic (exact) mass is 299 g/mol. The number of nitrogens with one attached hydrogen (secondary N) is 1. The van der Waals surface area contributed by atoms with E-state index in [-0.39, 0.29) is 11.8 Å². The molecule has 6 nitrogen and oxygen atoms in total. The normalized spacial score (nSPS) is 19.6. The first kappa shape index (κ1) is 14.3. The maximum Gasteiger partial charge on any atom is 0.307 e. The highest BCUT2D eigenvalue weighted by Crippen LogP contribution is 2.38. The Labute approximate surface area is 127 Å². The molecule has 1 aromatic carbocycles. The number of nitrogens with zero attached hydrogens (tertiary/aromatic N) is 2. The van der Waals surface area contributed by atoms with Crippen LogP contribution in [0.3, 0.4) is 0 Å². The van der Waals surface area contributed by atoms with E-state index in [0.29, 0.717) is 19.5 Å². The topological polar surface area (TPSA) is 84.2 Å². The average Bonchev–Trinajstić information content (AvgIpc) is 3.21. The molecule has 0 radical (unpaired) electrons. The van der Waals surface area contributed by atoms with Crippen molar-refractivity contribution < 1.29 is 14.7 Å². The summed E-state index contributed by atoms with van der Waals surface area (Å²) in [5.41, 5.74) is 2.06. The van der Waals surface area contributed by atoms with Gasteiger partial charge in [-0.3, -0.25) is 14.3 Å². The number of amides is 1. The van der Waals surface area contributed by atoms with E-state index in [4.69, 9.17) is 5.11 Å². The maximum absolute atomic E-state index is 11.8. The lowest BCUT2D eigenvalue weighted by Gasteiger charge is -2.02. The number of rotatable bonds is 6. The molecule has 1 aromatic heterocycles. The van der Waals surface area contributed by atoms with Gasteiger partial charge in [-0.2, -0.15) is 5.10 Å². The number of carbonyl (C=O) groups is 2. The molecular formula is C16H17N3O3. The lowest BCUT2D eigenvalue weighted by atomic mass is 10.2. The summed E-state index contributed by atoms with van der Waals surface area (Å²) in [5, 5.41) is 15.8. The number of carboxylic acids is 1. The van der Waals surface area contributed by atoms with Crippen molar-refractivity contribution in [2.75, 3.05) is 0 Å². The maximum atomic E-state index is 11.8. The van der Waals surface area contributed by atoms with E-state index in [9.17, 15) is 9.59 Å². The fourth-order valence-corrected chi connectivity index (χ4v) is 2.43. The Morgan fingerprint density at radius 1 is 1.23 bits per heavy atom. The summed E-state index contributed by atoms with van der Waals surface area (Å²) in [4.78, 5) is 22.5. The lowest BCUT2D eigenvalue weighted by molar-refractivity contribution is -0.140. The average molecular weight is 299 g/mol. The van der Waals surface area contributed by atoms with E-state index in [2.05, 4.69) is 10.4 Å². The van der Waals surface area contributed by atoms with E-state index in [1.165, 1.54) is 0 Å². The van der Waals surface area contributed by atoms with Gasteiger partial charge in [-0.05, 0) is 12.0 Å². The van der Waals surface area contributed by atoms with E-state index in [0.717, 1.165) is 11.1 Å². The van der Waals surface area contributed by atoms with Gasteiger partial charge in [0.05, 0.1) is 24.6 Å². The van der Waals surface area contributed by atoms with Crippen LogP contribution in [0.4, 0.5) is 0 Å². The molecule has 0 bridgehead atoms. The Balaban J connectivity index is 1.50. The van der Waals surface area contributed by atoms with Crippen LogP contribution < -0.4 is 5.32 Å². The van der Waals surface area contributed by atoms with Crippen molar-refractivity contribution in [3.05, 3.63) is 53.9 Å². The van der Waals surface area contributed by atoms with E-state index < -0.39 is 11.9 Å². The van der Waals surface area contributed by atoms with Crippen LogP contribution in [0.5, 0.6) is 0 Å². The smallest absolute Gasteiger partial charge is 0.307 e. The van der Waals surface area contributed by atoms with Crippen molar-refractivity contribution in [3.8, 4) is 0 Å². The van der Waals surface area contributed by atoms with Crippen LogP contribution in [0.1, 0.15) is 17.5 Å². The molecule has 3 rings (SSSR count). The van der Waals surface area contributed by atoms with Crippen LogP contribution in [0, 0.1) is 11.8 Å². The molecule has 1 amide bonds. The summed E-state index contributed by atoms with van der Waals surface area (Å²) in [7, 11) is 0. The summed E-state index contributed by atoms with van der Waals surface area (Å²) < 4.78 is 1.81. The van der Waals surface area contributed by atoms with Crippen molar-refractivity contribution in [1.29, 1.82) is 0 Å². The number of aromatic nitrogens is 2. The van der Waals surface area contributed by atoms with Crippen LogP contribution in [0.2, 0.25) is 0 Å². The van der Waals surface area contributed by atoms with Crippen molar-refractivity contribution in [2.45, 2.75) is 19.5 Å². The zero-order chi connectivity index (χ0) is 15.5. The molecule has 22 heavy (non-hydrogen) atoms. The van der Waals surface area contributed by atoms with Gasteiger partial charge in [-0.15, -0.1) is 0 Å². The molecule has 2 aromatic rings. The Morgan fingerprint density at radius 3 is 2.68 bits per heavy atom. The molecule has 2 N–H and O–H groups in total. The van der Waals surface area contributed by atoms with Gasteiger partial charge in [-0.25, -0.2) is 0 Å². The molecule has 114 valence electrons. The van der Waals surface area contributed by atoms with Gasteiger partial charge in [0.25, 0.3) is 0 Å². The zero-order valence-corrected chi connectivity index (χ0v) is 12.0. The van der Waals surface area contributed by atoms with Gasteiger partial charge in [0.1, 0.15) is 0 Å². The van der Waals surface area contributed by atoms with Crippen LogP contribution in [-0.4, -0.2) is 26.8 Å². The number of aliphatic carboxylic acids is 1. The summed E-state index contributed by atoms with van der Waals surface area (Å²) in [6.07, 6.45) is 4.04. The van der Waals surface area contributed by atoms with Crippen LogP contribution in [0.25, 0.3) is 0 Å². The second-order valence-corrected chi connectivity index (χ2v) is 5.54. The van der Waals surface area contributed by atoms with Gasteiger partial charge < -0.3 is 10.4 Å². The van der Waals surface area contributed by atoms with Crippen LogP contribution in [-0.2, 0) is 22.7 Å². The number of carbonyl (C=O) groups excluding carboxylic acids is 1. The van der Waals surface area contributed by atoms with Gasteiger partial charge >= 0.3 is 5.97 Å². The van der Waals surface area contributed by atoms with Crippen LogP contribution >= 0.6 is 0 Å². The number of benzene rings is 1. The van der Waals surface area contributed by atoms with Crippen molar-refractivity contribution >= 4 is 11.9 Å². The first-order chi connectivity index (χ1) is 10.6. The van der Waals surface area contributed by atoms with Gasteiger partial charge in [-0.1, -0.05) is 30.3 Å². The van der Waals surface area contributed by atoms with Gasteiger partial charge in [0.2, 0.25) is 5.91 Å². The van der Waals surface area contributed by atoms with Gasteiger partial charge in [0.15, 0.2) is 0 Å². The quantitative estimate of drug-likeness (QED) is 0.841. The largest absolute Gasteiger partial charge is 0.481 e. The summed E-state index contributed by atoms with van der Waals surface area (Å²) in [6.45, 7) is 1.05. The molecule has 2 atom stereocenters. The first-order valence-electron chi connectivity index (χ1n) is 7.19.